The van der Waals surface area contributed by atoms with Crippen LogP contribution in [0.25, 0.3) is 0 Å². The molecule has 0 aliphatic carbocycles. The van der Waals surface area contributed by atoms with E-state index in [2.05, 4.69) is 5.10 Å². The zero-order valence-corrected chi connectivity index (χ0v) is 14.1. The van der Waals surface area contributed by atoms with Crippen LogP contribution in [0.2, 0.25) is 0 Å². The maximum Gasteiger partial charge on any atom is 0.243 e. The van der Waals surface area contributed by atoms with E-state index in [1.807, 2.05) is 0 Å². The zero-order valence-electron chi connectivity index (χ0n) is 12.5. The molecule has 1 heterocycles. The number of sulfonamides is 1. The van der Waals surface area contributed by atoms with Gasteiger partial charge in [-0.05, 0) is 24.3 Å². The minimum absolute atomic E-state index is 0.0475. The van der Waals surface area contributed by atoms with Gasteiger partial charge < -0.3 is 0 Å². The molecule has 22 heavy (non-hydrogen) atoms. The van der Waals surface area contributed by atoms with Gasteiger partial charge in [0.2, 0.25) is 10.0 Å². The lowest BCUT2D eigenvalue weighted by Crippen LogP contribution is -2.26. The first-order valence-electron chi connectivity index (χ1n) is 6.35. The second-order valence-electron chi connectivity index (χ2n) is 5.03. The number of aryl methyl sites for hydroxylation is 1. The maximum atomic E-state index is 12.5. The third kappa shape index (κ3) is 3.54. The fraction of sp³-hybridized carbons (Fsp3) is 0.308. The molecular formula is C13H17N3O4S2. The van der Waals surface area contributed by atoms with Gasteiger partial charge in [0, 0.05) is 38.7 Å². The molecule has 0 spiro atoms. The monoisotopic (exact) mass is 343 g/mol. The van der Waals surface area contributed by atoms with Gasteiger partial charge in [-0.1, -0.05) is 0 Å². The Balaban J connectivity index is 2.26. The van der Waals surface area contributed by atoms with E-state index in [1.165, 1.54) is 35.6 Å². The Labute approximate surface area is 130 Å². The minimum atomic E-state index is -3.69. The van der Waals surface area contributed by atoms with Crippen LogP contribution in [0.1, 0.15) is 5.56 Å². The summed E-state index contributed by atoms with van der Waals surface area (Å²) in [5.41, 5.74) is 0.765. The topological polar surface area (TPSA) is 89.3 Å². The summed E-state index contributed by atoms with van der Waals surface area (Å²) in [7, 11) is -3.82. The van der Waals surface area contributed by atoms with Crippen LogP contribution in [0.5, 0.6) is 0 Å². The molecule has 9 heteroatoms. The van der Waals surface area contributed by atoms with Crippen molar-refractivity contribution in [1.82, 2.24) is 14.1 Å². The van der Waals surface area contributed by atoms with Crippen molar-refractivity contribution in [2.75, 3.05) is 13.3 Å². The third-order valence-electron chi connectivity index (χ3n) is 3.12. The summed E-state index contributed by atoms with van der Waals surface area (Å²) in [6, 6.07) is 5.18. The molecule has 2 aromatic rings. The molecule has 1 aromatic carbocycles. The van der Waals surface area contributed by atoms with Crippen molar-refractivity contribution < 1.29 is 16.8 Å². The fourth-order valence-electron chi connectivity index (χ4n) is 1.93. The molecule has 0 fully saturated rings. The average Bonchev–Trinajstić information content (AvgIpc) is 2.83. The predicted octanol–water partition coefficient (Wildman–Crippen LogP) is 0.644. The largest absolute Gasteiger partial charge is 0.275 e. The van der Waals surface area contributed by atoms with Gasteiger partial charge in [-0.2, -0.15) is 9.40 Å². The van der Waals surface area contributed by atoms with Crippen molar-refractivity contribution in [3.63, 3.8) is 0 Å². The molecule has 0 aliphatic rings. The molecule has 0 saturated carbocycles. The Bertz CT molecular complexity index is 868. The van der Waals surface area contributed by atoms with Gasteiger partial charge in [0.15, 0.2) is 9.84 Å². The summed E-state index contributed by atoms with van der Waals surface area (Å²) >= 11 is 0. The molecule has 0 aliphatic heterocycles. The number of nitrogens with zero attached hydrogens (tertiary/aromatic N) is 3. The number of aromatic nitrogens is 2. The Kier molecular flexibility index (Phi) is 4.41. The Morgan fingerprint density at radius 1 is 1.09 bits per heavy atom. The molecule has 0 amide bonds. The summed E-state index contributed by atoms with van der Waals surface area (Å²) in [6.45, 7) is 0.185. The van der Waals surface area contributed by atoms with E-state index in [-0.39, 0.29) is 16.3 Å². The molecule has 0 N–H and O–H groups in total. The SMILES string of the molecule is CN(Cc1cnn(C)c1)S(=O)(=O)c1ccc(S(C)(=O)=O)cc1. The Morgan fingerprint density at radius 2 is 1.64 bits per heavy atom. The predicted molar refractivity (Wildman–Crippen MR) is 81.4 cm³/mol. The normalized spacial score (nSPS) is 12.7. The first-order chi connectivity index (χ1) is 10.1. The van der Waals surface area contributed by atoms with Gasteiger partial charge in [0.1, 0.15) is 0 Å². The van der Waals surface area contributed by atoms with Crippen LogP contribution < -0.4 is 0 Å². The van der Waals surface area contributed by atoms with Crippen LogP contribution in [0.4, 0.5) is 0 Å². The Morgan fingerprint density at radius 3 is 2.09 bits per heavy atom. The summed E-state index contributed by atoms with van der Waals surface area (Å²) in [5, 5.41) is 3.99. The summed E-state index contributed by atoms with van der Waals surface area (Å²) in [5.74, 6) is 0. The lowest BCUT2D eigenvalue weighted by molar-refractivity contribution is 0.466. The first-order valence-corrected chi connectivity index (χ1v) is 9.68. The highest BCUT2D eigenvalue weighted by atomic mass is 32.2. The van der Waals surface area contributed by atoms with Gasteiger partial charge in [0.25, 0.3) is 0 Å². The van der Waals surface area contributed by atoms with Crippen LogP contribution in [0.3, 0.4) is 0 Å². The van der Waals surface area contributed by atoms with Crippen LogP contribution >= 0.6 is 0 Å². The van der Waals surface area contributed by atoms with E-state index in [4.69, 9.17) is 0 Å². The third-order valence-corrected chi connectivity index (χ3v) is 6.07. The van der Waals surface area contributed by atoms with Crippen LogP contribution in [-0.4, -0.2) is 44.2 Å². The first kappa shape index (κ1) is 16.7. The zero-order chi connectivity index (χ0) is 16.5. The van der Waals surface area contributed by atoms with E-state index in [0.29, 0.717) is 0 Å². The molecule has 1 aromatic heterocycles. The highest BCUT2D eigenvalue weighted by molar-refractivity contribution is 7.90. The van der Waals surface area contributed by atoms with Crippen LogP contribution in [0, 0.1) is 0 Å². The van der Waals surface area contributed by atoms with E-state index in [1.54, 1.807) is 24.1 Å². The van der Waals surface area contributed by atoms with Crippen molar-refractivity contribution >= 4 is 19.9 Å². The van der Waals surface area contributed by atoms with Crippen molar-refractivity contribution in [1.29, 1.82) is 0 Å². The van der Waals surface area contributed by atoms with E-state index < -0.39 is 19.9 Å². The van der Waals surface area contributed by atoms with Crippen molar-refractivity contribution in [3.8, 4) is 0 Å². The lowest BCUT2D eigenvalue weighted by atomic mass is 10.4. The second kappa shape index (κ2) is 5.82. The second-order valence-corrected chi connectivity index (χ2v) is 9.09. The van der Waals surface area contributed by atoms with E-state index in [9.17, 15) is 16.8 Å². The van der Waals surface area contributed by atoms with Gasteiger partial charge in [-0.15, -0.1) is 0 Å². The van der Waals surface area contributed by atoms with Crippen LogP contribution in [-0.2, 0) is 33.5 Å². The molecule has 0 radical (unpaired) electrons. The Hall–Kier alpha value is -1.71. The molecular weight excluding hydrogens is 326 g/mol. The average molecular weight is 343 g/mol. The summed E-state index contributed by atoms with van der Waals surface area (Å²) in [4.78, 5) is 0.132. The summed E-state index contributed by atoms with van der Waals surface area (Å²) < 4.78 is 50.5. The molecule has 0 bridgehead atoms. The van der Waals surface area contributed by atoms with E-state index >= 15 is 0 Å². The fourth-order valence-corrected chi connectivity index (χ4v) is 3.72. The summed E-state index contributed by atoms with van der Waals surface area (Å²) in [6.07, 6.45) is 4.41. The van der Waals surface area contributed by atoms with Gasteiger partial charge >= 0.3 is 0 Å². The van der Waals surface area contributed by atoms with Gasteiger partial charge in [0.05, 0.1) is 16.0 Å². The number of benzene rings is 1. The number of hydrogen-bond acceptors (Lipinski definition) is 5. The molecule has 2 rings (SSSR count). The highest BCUT2D eigenvalue weighted by Crippen LogP contribution is 2.19. The quantitative estimate of drug-likeness (QED) is 0.795. The van der Waals surface area contributed by atoms with Gasteiger partial charge in [-0.3, -0.25) is 4.68 Å². The smallest absolute Gasteiger partial charge is 0.243 e. The number of hydrogen-bond donors (Lipinski definition) is 0. The molecule has 7 nitrogen and oxygen atoms in total. The van der Waals surface area contributed by atoms with Crippen molar-refractivity contribution in [2.45, 2.75) is 16.3 Å². The molecule has 0 saturated heterocycles. The van der Waals surface area contributed by atoms with Gasteiger partial charge in [-0.25, -0.2) is 16.8 Å². The highest BCUT2D eigenvalue weighted by Gasteiger charge is 2.22. The van der Waals surface area contributed by atoms with E-state index in [0.717, 1.165) is 11.8 Å². The van der Waals surface area contributed by atoms with Crippen molar-refractivity contribution in [2.24, 2.45) is 7.05 Å². The number of rotatable bonds is 5. The van der Waals surface area contributed by atoms with Crippen molar-refractivity contribution in [3.05, 3.63) is 42.2 Å². The molecule has 0 unspecified atom stereocenters. The minimum Gasteiger partial charge on any atom is -0.275 e. The molecule has 0 atom stereocenters. The number of sulfone groups is 1. The lowest BCUT2D eigenvalue weighted by Gasteiger charge is -2.16. The molecule has 120 valence electrons. The maximum absolute atomic E-state index is 12.5. The van der Waals surface area contributed by atoms with Crippen LogP contribution in [0.15, 0.2) is 46.5 Å². The standard InChI is InChI=1S/C13H17N3O4S2/c1-15-9-11(8-14-15)10-16(2)22(19,20)13-6-4-12(5-7-13)21(3,17)18/h4-9H,10H2,1-3H3.